The Morgan fingerprint density at radius 2 is 1.96 bits per heavy atom. The minimum atomic E-state index is -0.668. The predicted molar refractivity (Wildman–Crippen MR) is 110 cm³/mol. The minimum absolute atomic E-state index is 0.255. The van der Waals surface area contributed by atoms with Gasteiger partial charge in [-0.15, -0.1) is 0 Å². The fraction of sp³-hybridized carbons (Fsp3) is 0.182. The van der Waals surface area contributed by atoms with Crippen LogP contribution < -0.4 is 14.8 Å². The average molecular weight is 397 g/mol. The molecule has 3 aromatic rings. The van der Waals surface area contributed by atoms with Crippen LogP contribution in [-0.4, -0.2) is 17.0 Å². The van der Waals surface area contributed by atoms with Crippen molar-refractivity contribution in [2.45, 2.75) is 26.6 Å². The molecule has 0 aliphatic heterocycles. The number of ether oxygens (including phenoxy) is 2. The van der Waals surface area contributed by atoms with E-state index < -0.39 is 6.10 Å². The lowest BCUT2D eigenvalue weighted by molar-refractivity contribution is -0.122. The lowest BCUT2D eigenvalue weighted by Crippen LogP contribution is -2.30. The Hall–Kier alpha value is -3.05. The molecule has 1 unspecified atom stereocenters. The number of carbonyl (C=O) groups excluding carboxylic acids is 1. The lowest BCUT2D eigenvalue weighted by Gasteiger charge is -2.16. The van der Waals surface area contributed by atoms with E-state index in [2.05, 4.69) is 10.3 Å². The second-order valence-electron chi connectivity index (χ2n) is 6.30. The first-order valence-corrected chi connectivity index (χ1v) is 9.25. The molecule has 28 heavy (non-hydrogen) atoms. The molecule has 144 valence electrons. The summed E-state index contributed by atoms with van der Waals surface area (Å²) >= 11 is 6.02. The number of carbonyl (C=O) groups is 1. The van der Waals surface area contributed by atoms with Crippen molar-refractivity contribution < 1.29 is 14.3 Å². The maximum absolute atomic E-state index is 12.4. The standard InChI is InChI=1S/C22H21ClN2O3/c1-15-12-20(9-10-21(15)23)28-16(2)22(26)25-17-7-5-8-19(13-17)27-14-18-6-3-4-11-24-18/h3-13,16H,14H2,1-2H3,(H,25,26). The summed E-state index contributed by atoms with van der Waals surface area (Å²) in [6, 6.07) is 18.2. The predicted octanol–water partition coefficient (Wildman–Crippen LogP) is 5.03. The van der Waals surface area contributed by atoms with E-state index in [9.17, 15) is 4.79 Å². The second kappa shape index (κ2) is 9.24. The van der Waals surface area contributed by atoms with Gasteiger partial charge in [0.2, 0.25) is 0 Å². The molecule has 6 heteroatoms. The quantitative estimate of drug-likeness (QED) is 0.608. The maximum Gasteiger partial charge on any atom is 0.265 e. The van der Waals surface area contributed by atoms with Gasteiger partial charge >= 0.3 is 0 Å². The summed E-state index contributed by atoms with van der Waals surface area (Å²) in [5.74, 6) is 0.983. The van der Waals surface area contributed by atoms with Gasteiger partial charge in [-0.05, 0) is 61.9 Å². The third kappa shape index (κ3) is 5.47. The molecule has 1 aromatic heterocycles. The van der Waals surface area contributed by atoms with Crippen LogP contribution in [0.15, 0.2) is 66.9 Å². The molecule has 3 rings (SSSR count). The number of benzene rings is 2. The van der Waals surface area contributed by atoms with Gasteiger partial charge in [-0.25, -0.2) is 0 Å². The summed E-state index contributed by atoms with van der Waals surface area (Å²) in [4.78, 5) is 16.7. The highest BCUT2D eigenvalue weighted by Gasteiger charge is 2.15. The number of hydrogen-bond donors (Lipinski definition) is 1. The molecule has 0 aliphatic carbocycles. The number of amides is 1. The van der Waals surface area contributed by atoms with Gasteiger partial charge in [-0.1, -0.05) is 23.7 Å². The van der Waals surface area contributed by atoms with Gasteiger partial charge in [-0.2, -0.15) is 0 Å². The zero-order valence-electron chi connectivity index (χ0n) is 15.7. The summed E-state index contributed by atoms with van der Waals surface area (Å²) < 4.78 is 11.4. The largest absolute Gasteiger partial charge is 0.487 e. The molecule has 1 N–H and O–H groups in total. The molecule has 1 amide bonds. The van der Waals surface area contributed by atoms with Crippen LogP contribution in [0.1, 0.15) is 18.2 Å². The van der Waals surface area contributed by atoms with E-state index in [1.165, 1.54) is 0 Å². The molecule has 1 atom stereocenters. The summed E-state index contributed by atoms with van der Waals surface area (Å²) in [7, 11) is 0. The van der Waals surface area contributed by atoms with Crippen LogP contribution in [0.25, 0.3) is 0 Å². The van der Waals surface area contributed by atoms with Crippen molar-refractivity contribution in [3.8, 4) is 11.5 Å². The third-order valence-corrected chi connectivity index (χ3v) is 4.45. The first-order valence-electron chi connectivity index (χ1n) is 8.88. The fourth-order valence-corrected chi connectivity index (χ4v) is 2.61. The Morgan fingerprint density at radius 1 is 1.11 bits per heavy atom. The van der Waals surface area contributed by atoms with Crippen LogP contribution in [0.5, 0.6) is 11.5 Å². The van der Waals surface area contributed by atoms with E-state index >= 15 is 0 Å². The van der Waals surface area contributed by atoms with Gasteiger partial charge in [0.15, 0.2) is 6.10 Å². The van der Waals surface area contributed by atoms with E-state index in [0.717, 1.165) is 11.3 Å². The number of nitrogens with zero attached hydrogens (tertiary/aromatic N) is 1. The average Bonchev–Trinajstić information content (AvgIpc) is 2.70. The number of pyridine rings is 1. The van der Waals surface area contributed by atoms with Crippen molar-refractivity contribution >= 4 is 23.2 Å². The molecule has 5 nitrogen and oxygen atoms in total. The zero-order valence-corrected chi connectivity index (χ0v) is 16.4. The topological polar surface area (TPSA) is 60.5 Å². The number of nitrogens with one attached hydrogen (secondary N) is 1. The van der Waals surface area contributed by atoms with Crippen molar-refractivity contribution in [1.29, 1.82) is 0 Å². The number of hydrogen-bond acceptors (Lipinski definition) is 4. The van der Waals surface area contributed by atoms with Crippen LogP contribution >= 0.6 is 11.6 Å². The van der Waals surface area contributed by atoms with Crippen LogP contribution in [0, 0.1) is 6.92 Å². The van der Waals surface area contributed by atoms with Gasteiger partial charge in [0.1, 0.15) is 18.1 Å². The number of halogens is 1. The Labute approximate surface area is 169 Å². The third-order valence-electron chi connectivity index (χ3n) is 4.03. The summed E-state index contributed by atoms with van der Waals surface area (Å²) in [6.45, 7) is 3.94. The first-order chi connectivity index (χ1) is 13.5. The molecule has 0 saturated carbocycles. The SMILES string of the molecule is Cc1cc(OC(C)C(=O)Nc2cccc(OCc3ccccn3)c2)ccc1Cl. The number of anilines is 1. The van der Waals surface area contributed by atoms with E-state index in [-0.39, 0.29) is 5.91 Å². The van der Waals surface area contributed by atoms with Crippen molar-refractivity contribution in [1.82, 2.24) is 4.98 Å². The Bertz CT molecular complexity index is 948. The highest BCUT2D eigenvalue weighted by atomic mass is 35.5. The highest BCUT2D eigenvalue weighted by Crippen LogP contribution is 2.23. The highest BCUT2D eigenvalue weighted by molar-refractivity contribution is 6.31. The van der Waals surface area contributed by atoms with Crippen LogP contribution in [-0.2, 0) is 11.4 Å². The minimum Gasteiger partial charge on any atom is -0.487 e. The Morgan fingerprint density at radius 3 is 2.71 bits per heavy atom. The second-order valence-corrected chi connectivity index (χ2v) is 6.71. The van der Waals surface area contributed by atoms with Crippen LogP contribution in [0.4, 0.5) is 5.69 Å². The molecule has 0 radical (unpaired) electrons. The fourth-order valence-electron chi connectivity index (χ4n) is 2.50. The molecule has 0 bridgehead atoms. The van der Waals surface area contributed by atoms with Crippen molar-refractivity contribution in [3.05, 3.63) is 83.1 Å². The maximum atomic E-state index is 12.4. The molecular weight excluding hydrogens is 376 g/mol. The van der Waals surface area contributed by atoms with Gasteiger partial charge in [0.25, 0.3) is 5.91 Å². The Balaban J connectivity index is 1.57. The molecule has 0 saturated heterocycles. The van der Waals surface area contributed by atoms with E-state index in [4.69, 9.17) is 21.1 Å². The summed E-state index contributed by atoms with van der Waals surface area (Å²) in [6.07, 6.45) is 1.05. The van der Waals surface area contributed by atoms with Crippen molar-refractivity contribution in [3.63, 3.8) is 0 Å². The Kier molecular flexibility index (Phi) is 6.50. The van der Waals surface area contributed by atoms with Gasteiger partial charge in [0, 0.05) is 23.0 Å². The summed E-state index contributed by atoms with van der Waals surface area (Å²) in [5.41, 5.74) is 2.35. The van der Waals surface area contributed by atoms with E-state index in [1.54, 1.807) is 43.5 Å². The van der Waals surface area contributed by atoms with Gasteiger partial charge in [-0.3, -0.25) is 9.78 Å². The first kappa shape index (κ1) is 19.7. The number of aryl methyl sites for hydroxylation is 1. The monoisotopic (exact) mass is 396 g/mol. The molecule has 2 aromatic carbocycles. The van der Waals surface area contributed by atoms with Crippen LogP contribution in [0.2, 0.25) is 5.02 Å². The normalized spacial score (nSPS) is 11.5. The summed E-state index contributed by atoms with van der Waals surface area (Å²) in [5, 5.41) is 3.50. The van der Waals surface area contributed by atoms with Crippen molar-refractivity contribution in [2.75, 3.05) is 5.32 Å². The van der Waals surface area contributed by atoms with Crippen LogP contribution in [0.3, 0.4) is 0 Å². The van der Waals surface area contributed by atoms with Gasteiger partial charge < -0.3 is 14.8 Å². The number of aromatic nitrogens is 1. The zero-order chi connectivity index (χ0) is 19.9. The number of rotatable bonds is 7. The molecular formula is C22H21ClN2O3. The van der Waals surface area contributed by atoms with E-state index in [1.807, 2.05) is 37.3 Å². The molecule has 0 spiro atoms. The molecule has 0 fully saturated rings. The van der Waals surface area contributed by atoms with Gasteiger partial charge in [0.05, 0.1) is 5.69 Å². The lowest BCUT2D eigenvalue weighted by atomic mass is 10.2. The molecule has 1 heterocycles. The smallest absolute Gasteiger partial charge is 0.265 e. The van der Waals surface area contributed by atoms with Crippen molar-refractivity contribution in [2.24, 2.45) is 0 Å². The molecule has 0 aliphatic rings. The van der Waals surface area contributed by atoms with E-state index in [0.29, 0.717) is 28.8 Å².